The van der Waals surface area contributed by atoms with Gasteiger partial charge in [-0.1, -0.05) is 36.4 Å². The second kappa shape index (κ2) is 7.42. The van der Waals surface area contributed by atoms with Crippen LogP contribution in [0.4, 0.5) is 4.39 Å². The number of hydrogen-bond acceptors (Lipinski definition) is 2. The third kappa shape index (κ3) is 4.42. The van der Waals surface area contributed by atoms with Crippen molar-refractivity contribution in [2.24, 2.45) is 0 Å². The van der Waals surface area contributed by atoms with Crippen molar-refractivity contribution in [3.05, 3.63) is 71.0 Å². The Labute approximate surface area is 137 Å². The van der Waals surface area contributed by atoms with Gasteiger partial charge in [0.2, 0.25) is 0 Å². The number of aryl methyl sites for hydroxylation is 1. The molecule has 0 bridgehead atoms. The molecule has 1 aliphatic heterocycles. The molecular formula is C20H22FNO. The number of likely N-dealkylation sites (N-methyl/N-ethyl adjacent to an activating group) is 1. The van der Waals surface area contributed by atoms with E-state index in [1.54, 1.807) is 6.07 Å². The summed E-state index contributed by atoms with van der Waals surface area (Å²) in [7, 11) is 2.08. The summed E-state index contributed by atoms with van der Waals surface area (Å²) in [5, 5.41) is 0. The van der Waals surface area contributed by atoms with Gasteiger partial charge in [0, 0.05) is 13.1 Å². The molecular weight excluding hydrogens is 289 g/mol. The Kier molecular flexibility index (Phi) is 5.09. The van der Waals surface area contributed by atoms with Gasteiger partial charge in [-0.05, 0) is 54.8 Å². The zero-order valence-electron chi connectivity index (χ0n) is 13.5. The minimum atomic E-state index is -0.199. The summed E-state index contributed by atoms with van der Waals surface area (Å²) in [6.45, 7) is 2.50. The fraction of sp³-hybridized carbons (Fsp3) is 0.300. The van der Waals surface area contributed by atoms with Gasteiger partial charge in [-0.3, -0.25) is 4.90 Å². The Bertz CT molecular complexity index is 696. The van der Waals surface area contributed by atoms with Crippen molar-refractivity contribution < 1.29 is 9.13 Å². The second-order valence-electron chi connectivity index (χ2n) is 6.05. The van der Waals surface area contributed by atoms with Gasteiger partial charge in [-0.2, -0.15) is 0 Å². The number of halogens is 1. The van der Waals surface area contributed by atoms with E-state index in [1.165, 1.54) is 23.3 Å². The Morgan fingerprint density at radius 1 is 1.22 bits per heavy atom. The van der Waals surface area contributed by atoms with Crippen LogP contribution in [0.15, 0.2) is 48.5 Å². The Hall–Kier alpha value is -2.13. The smallest absolute Gasteiger partial charge is 0.123 e. The van der Waals surface area contributed by atoms with Gasteiger partial charge in [0.05, 0.1) is 6.61 Å². The van der Waals surface area contributed by atoms with E-state index in [9.17, 15) is 4.39 Å². The van der Waals surface area contributed by atoms with Gasteiger partial charge < -0.3 is 4.74 Å². The van der Waals surface area contributed by atoms with E-state index >= 15 is 0 Å². The van der Waals surface area contributed by atoms with Gasteiger partial charge >= 0.3 is 0 Å². The lowest BCUT2D eigenvalue weighted by molar-refractivity contribution is 0.287. The van der Waals surface area contributed by atoms with Crippen LogP contribution in [0, 0.1) is 5.82 Å². The number of benzene rings is 2. The lowest BCUT2D eigenvalue weighted by Crippen LogP contribution is -2.18. The highest BCUT2D eigenvalue weighted by molar-refractivity contribution is 5.49. The first-order valence-electron chi connectivity index (χ1n) is 8.06. The number of fused-ring (bicyclic) bond motifs is 1. The summed E-state index contributed by atoms with van der Waals surface area (Å²) < 4.78 is 18.9. The summed E-state index contributed by atoms with van der Waals surface area (Å²) in [4.78, 5) is 2.22. The molecule has 3 heteroatoms. The zero-order valence-corrected chi connectivity index (χ0v) is 13.5. The molecule has 2 nitrogen and oxygen atoms in total. The molecule has 3 rings (SSSR count). The third-order valence-corrected chi connectivity index (χ3v) is 4.01. The first kappa shape index (κ1) is 15.8. The summed E-state index contributed by atoms with van der Waals surface area (Å²) in [6, 6.07) is 13.1. The third-order valence-electron chi connectivity index (χ3n) is 4.01. The van der Waals surface area contributed by atoms with Crippen LogP contribution in [0.2, 0.25) is 0 Å². The van der Waals surface area contributed by atoms with Crippen molar-refractivity contribution in [1.29, 1.82) is 0 Å². The van der Waals surface area contributed by atoms with Crippen molar-refractivity contribution in [2.45, 2.75) is 19.4 Å². The molecule has 0 spiro atoms. The van der Waals surface area contributed by atoms with E-state index in [1.807, 2.05) is 12.1 Å². The van der Waals surface area contributed by atoms with Crippen molar-refractivity contribution in [1.82, 2.24) is 4.90 Å². The Morgan fingerprint density at radius 3 is 3.00 bits per heavy atom. The summed E-state index contributed by atoms with van der Waals surface area (Å²) in [5.74, 6) is 0.840. The van der Waals surface area contributed by atoms with Crippen LogP contribution < -0.4 is 4.74 Å². The Balaban J connectivity index is 1.56. The average molecular weight is 311 g/mol. The molecule has 0 saturated carbocycles. The van der Waals surface area contributed by atoms with Crippen LogP contribution in [0.3, 0.4) is 0 Å². The first-order valence-corrected chi connectivity index (χ1v) is 8.06. The van der Waals surface area contributed by atoms with Gasteiger partial charge in [0.1, 0.15) is 11.6 Å². The number of hydrogen-bond donors (Lipinski definition) is 0. The molecule has 0 atom stereocenters. The normalized spacial score (nSPS) is 14.0. The predicted molar refractivity (Wildman–Crippen MR) is 92.0 cm³/mol. The fourth-order valence-corrected chi connectivity index (χ4v) is 2.84. The van der Waals surface area contributed by atoms with Gasteiger partial charge in [-0.25, -0.2) is 4.39 Å². The number of nitrogens with zero attached hydrogens (tertiary/aromatic N) is 1. The number of rotatable bonds is 5. The topological polar surface area (TPSA) is 12.5 Å². The SMILES string of the molecule is CN(C/C=C/c1cccc(F)c1)Cc1ccc2c(c1)OCCC2. The maximum absolute atomic E-state index is 13.1. The molecule has 1 heterocycles. The lowest BCUT2D eigenvalue weighted by Gasteiger charge is -2.20. The molecule has 0 radical (unpaired) electrons. The molecule has 0 N–H and O–H groups in total. The van der Waals surface area contributed by atoms with E-state index in [0.717, 1.165) is 43.9 Å². The van der Waals surface area contributed by atoms with Gasteiger partial charge in [0.25, 0.3) is 0 Å². The molecule has 1 aliphatic rings. The molecule has 0 aromatic heterocycles. The largest absolute Gasteiger partial charge is 0.493 e. The van der Waals surface area contributed by atoms with Crippen LogP contribution in [0.5, 0.6) is 5.75 Å². The summed E-state index contributed by atoms with van der Waals surface area (Å²) in [5.41, 5.74) is 3.46. The van der Waals surface area contributed by atoms with Crippen molar-refractivity contribution >= 4 is 6.08 Å². The quantitative estimate of drug-likeness (QED) is 0.816. The molecule has 120 valence electrons. The average Bonchev–Trinajstić information content (AvgIpc) is 2.55. The molecule has 2 aromatic rings. The van der Waals surface area contributed by atoms with E-state index in [2.05, 4.69) is 36.2 Å². The highest BCUT2D eigenvalue weighted by Crippen LogP contribution is 2.26. The first-order chi connectivity index (χ1) is 11.2. The van der Waals surface area contributed by atoms with Gasteiger partial charge in [-0.15, -0.1) is 0 Å². The monoisotopic (exact) mass is 311 g/mol. The van der Waals surface area contributed by atoms with Crippen molar-refractivity contribution in [3.8, 4) is 5.75 Å². The fourth-order valence-electron chi connectivity index (χ4n) is 2.84. The molecule has 0 amide bonds. The lowest BCUT2D eigenvalue weighted by atomic mass is 10.0. The van der Waals surface area contributed by atoms with E-state index in [0.29, 0.717) is 0 Å². The molecule has 0 fully saturated rings. The summed E-state index contributed by atoms with van der Waals surface area (Å²) in [6.07, 6.45) is 6.23. The molecule has 0 unspecified atom stereocenters. The summed E-state index contributed by atoms with van der Waals surface area (Å²) >= 11 is 0. The zero-order chi connectivity index (χ0) is 16.1. The number of ether oxygens (including phenoxy) is 1. The highest BCUT2D eigenvalue weighted by Gasteiger charge is 2.10. The second-order valence-corrected chi connectivity index (χ2v) is 6.05. The minimum absolute atomic E-state index is 0.199. The van der Waals surface area contributed by atoms with E-state index in [4.69, 9.17) is 4.74 Å². The van der Waals surface area contributed by atoms with Crippen LogP contribution in [-0.2, 0) is 13.0 Å². The molecule has 23 heavy (non-hydrogen) atoms. The maximum atomic E-state index is 13.1. The van der Waals surface area contributed by atoms with Crippen molar-refractivity contribution in [2.75, 3.05) is 20.2 Å². The Morgan fingerprint density at radius 2 is 2.13 bits per heavy atom. The molecule has 0 aliphatic carbocycles. The maximum Gasteiger partial charge on any atom is 0.123 e. The van der Waals surface area contributed by atoms with E-state index in [-0.39, 0.29) is 5.82 Å². The highest BCUT2D eigenvalue weighted by atomic mass is 19.1. The van der Waals surface area contributed by atoms with Crippen molar-refractivity contribution in [3.63, 3.8) is 0 Å². The van der Waals surface area contributed by atoms with Gasteiger partial charge in [0.15, 0.2) is 0 Å². The standard InChI is InChI=1S/C20H22FNO/c1-22(11-3-6-16-5-2-8-19(21)13-16)15-17-9-10-18-7-4-12-23-20(18)14-17/h2-3,5-6,8-10,13-14H,4,7,11-12,15H2,1H3/b6-3+. The van der Waals surface area contributed by atoms with Crippen LogP contribution >= 0.6 is 0 Å². The molecule has 0 saturated heterocycles. The van der Waals surface area contributed by atoms with Crippen LogP contribution in [0.25, 0.3) is 6.08 Å². The van der Waals surface area contributed by atoms with Crippen LogP contribution in [-0.4, -0.2) is 25.1 Å². The van der Waals surface area contributed by atoms with E-state index < -0.39 is 0 Å². The van der Waals surface area contributed by atoms with Crippen LogP contribution in [0.1, 0.15) is 23.1 Å². The predicted octanol–water partition coefficient (Wildman–Crippen LogP) is 4.30. The molecule has 2 aromatic carbocycles. The minimum Gasteiger partial charge on any atom is -0.493 e.